The molecular weight excluding hydrogens is 257 g/mol. The summed E-state index contributed by atoms with van der Waals surface area (Å²) in [6.45, 7) is 0. The number of hydrogen-bond donors (Lipinski definition) is 4. The number of phosphoric acid groups is 2. The SMILES string of the molecule is O=P(O)(O)OP(=O)(O)O.[H-].[H-].[Mg+2].[Ni]. The van der Waals surface area contributed by atoms with Crippen molar-refractivity contribution in [2.75, 3.05) is 0 Å². The van der Waals surface area contributed by atoms with Gasteiger partial charge in [-0.2, -0.15) is 4.31 Å². The van der Waals surface area contributed by atoms with E-state index in [4.69, 9.17) is 19.6 Å². The minimum Gasteiger partial charge on any atom is -1.00 e. The average molecular weight is 263 g/mol. The molecular formula is H6MgNiO7P2. The molecule has 4 N–H and O–H groups in total. The van der Waals surface area contributed by atoms with Crippen LogP contribution in [0.3, 0.4) is 0 Å². The van der Waals surface area contributed by atoms with Crippen LogP contribution in [0.4, 0.5) is 0 Å². The third-order valence-electron chi connectivity index (χ3n) is 0.213. The van der Waals surface area contributed by atoms with E-state index < -0.39 is 15.6 Å². The van der Waals surface area contributed by atoms with Crippen LogP contribution in [0.2, 0.25) is 0 Å². The second-order valence-corrected chi connectivity index (χ2v) is 3.68. The smallest absolute Gasteiger partial charge is 1.00 e. The van der Waals surface area contributed by atoms with Crippen LogP contribution in [0, 0.1) is 0 Å². The Kier molecular flexibility index (Phi) is 10.1. The van der Waals surface area contributed by atoms with Crippen molar-refractivity contribution in [1.29, 1.82) is 0 Å². The van der Waals surface area contributed by atoms with E-state index in [-0.39, 0.29) is 42.4 Å². The molecule has 0 fully saturated rings. The second kappa shape index (κ2) is 6.05. The molecule has 0 aromatic carbocycles. The normalized spacial score (nSPS) is 11.3. The summed E-state index contributed by atoms with van der Waals surface area (Å²) >= 11 is 0. The van der Waals surface area contributed by atoms with Gasteiger partial charge >= 0.3 is 38.7 Å². The van der Waals surface area contributed by atoms with Crippen molar-refractivity contribution in [3.63, 3.8) is 0 Å². The summed E-state index contributed by atoms with van der Waals surface area (Å²) in [4.78, 5) is 31.0. The number of rotatable bonds is 2. The molecule has 0 aliphatic rings. The van der Waals surface area contributed by atoms with Gasteiger partial charge in [-0.25, -0.2) is 9.13 Å². The maximum Gasteiger partial charge on any atom is 2.00 e. The first-order valence-corrected chi connectivity index (χ1v) is 4.59. The maximum atomic E-state index is 9.63. The van der Waals surface area contributed by atoms with Crippen molar-refractivity contribution in [3.8, 4) is 0 Å². The van der Waals surface area contributed by atoms with Gasteiger partial charge in [0.25, 0.3) is 0 Å². The Balaban J connectivity index is -0.0000000533. The average Bonchev–Trinajstić information content (AvgIpc) is 1.14. The van der Waals surface area contributed by atoms with Gasteiger partial charge in [0.2, 0.25) is 0 Å². The van der Waals surface area contributed by atoms with Crippen LogP contribution in [0.25, 0.3) is 0 Å². The molecule has 0 aromatic heterocycles. The van der Waals surface area contributed by atoms with Gasteiger partial charge in [-0.05, 0) is 0 Å². The molecule has 0 saturated heterocycles. The molecule has 0 spiro atoms. The molecule has 11 heteroatoms. The quantitative estimate of drug-likeness (QED) is 0.373. The molecule has 0 atom stereocenters. The summed E-state index contributed by atoms with van der Waals surface area (Å²) in [6.07, 6.45) is 0. The van der Waals surface area contributed by atoms with Crippen molar-refractivity contribution in [2.24, 2.45) is 0 Å². The molecule has 11 heavy (non-hydrogen) atoms. The zero-order valence-corrected chi connectivity index (χ0v) is 9.12. The fourth-order valence-electron chi connectivity index (χ4n) is 0.139. The van der Waals surface area contributed by atoms with Gasteiger partial charge in [0, 0.05) is 16.5 Å². The molecule has 0 aliphatic carbocycles. The first-order valence-electron chi connectivity index (χ1n) is 1.53. The summed E-state index contributed by atoms with van der Waals surface area (Å²) in [6, 6.07) is 0. The molecule has 0 saturated carbocycles. The zero-order chi connectivity index (χ0) is 7.71. The Labute approximate surface area is 91.1 Å². The van der Waals surface area contributed by atoms with Crippen LogP contribution in [-0.4, -0.2) is 42.6 Å². The van der Waals surface area contributed by atoms with E-state index in [0.29, 0.717) is 0 Å². The predicted octanol–water partition coefficient (Wildman–Crippen LogP) is -0.970. The van der Waals surface area contributed by atoms with Gasteiger partial charge in [0.1, 0.15) is 0 Å². The second-order valence-electron chi connectivity index (χ2n) is 1.06. The van der Waals surface area contributed by atoms with Gasteiger partial charge in [-0.1, -0.05) is 0 Å². The van der Waals surface area contributed by atoms with E-state index in [1.807, 2.05) is 0 Å². The summed E-state index contributed by atoms with van der Waals surface area (Å²) in [5, 5.41) is 0. The van der Waals surface area contributed by atoms with Crippen molar-refractivity contribution in [2.45, 2.75) is 0 Å². The van der Waals surface area contributed by atoms with Crippen LogP contribution in [0.15, 0.2) is 0 Å². The molecule has 0 radical (unpaired) electrons. The largest absolute Gasteiger partial charge is 2.00 e. The fourth-order valence-corrected chi connectivity index (χ4v) is 1.25. The summed E-state index contributed by atoms with van der Waals surface area (Å²) in [7, 11) is -10.1. The molecule has 0 rings (SSSR count). The molecule has 0 amide bonds. The van der Waals surface area contributed by atoms with Crippen LogP contribution in [-0.2, 0) is 29.9 Å². The summed E-state index contributed by atoms with van der Waals surface area (Å²) in [5.41, 5.74) is 0. The van der Waals surface area contributed by atoms with Crippen LogP contribution in [0.1, 0.15) is 2.85 Å². The zero-order valence-electron chi connectivity index (χ0n) is 6.93. The Morgan fingerprint density at radius 2 is 1.18 bits per heavy atom. The third kappa shape index (κ3) is 18.5. The van der Waals surface area contributed by atoms with Crippen LogP contribution < -0.4 is 0 Å². The molecule has 0 heterocycles. The van der Waals surface area contributed by atoms with Crippen LogP contribution in [0.5, 0.6) is 0 Å². The minimum atomic E-state index is -5.05. The van der Waals surface area contributed by atoms with Crippen molar-refractivity contribution < 1.29 is 52.4 Å². The van der Waals surface area contributed by atoms with Crippen molar-refractivity contribution >= 4 is 38.7 Å². The maximum absolute atomic E-state index is 9.63. The van der Waals surface area contributed by atoms with Gasteiger partial charge in [0.05, 0.1) is 0 Å². The topological polar surface area (TPSA) is 124 Å². The first kappa shape index (κ1) is 18.3. The molecule has 0 aromatic rings. The Hall–Kier alpha value is 1.52. The van der Waals surface area contributed by atoms with E-state index in [1.165, 1.54) is 0 Å². The number of hydrogen-bond acceptors (Lipinski definition) is 3. The first-order chi connectivity index (χ1) is 3.71. The molecule has 0 aliphatic heterocycles. The molecule has 70 valence electrons. The van der Waals surface area contributed by atoms with Crippen molar-refractivity contribution in [1.82, 2.24) is 0 Å². The Bertz CT molecular complexity index is 165. The van der Waals surface area contributed by atoms with E-state index in [9.17, 15) is 9.13 Å². The van der Waals surface area contributed by atoms with Gasteiger partial charge < -0.3 is 22.4 Å². The third-order valence-corrected chi connectivity index (χ3v) is 1.91. The predicted molar refractivity (Wildman–Crippen MR) is 33.2 cm³/mol. The fraction of sp³-hybridized carbons (Fsp3) is 0. The summed E-state index contributed by atoms with van der Waals surface area (Å²) < 4.78 is 22.2. The molecule has 0 bridgehead atoms. The van der Waals surface area contributed by atoms with E-state index in [0.717, 1.165) is 0 Å². The minimum absolute atomic E-state index is 0. The van der Waals surface area contributed by atoms with Crippen LogP contribution >= 0.6 is 15.6 Å². The van der Waals surface area contributed by atoms with Crippen molar-refractivity contribution in [3.05, 3.63) is 0 Å². The monoisotopic (exact) mass is 262 g/mol. The molecule has 0 unspecified atom stereocenters. The van der Waals surface area contributed by atoms with E-state index in [1.54, 1.807) is 0 Å². The standard InChI is InChI=1S/Mg.Ni.H4O7P2.2H/c;;1-8(2,3)7-9(4,5)6;;/h;;(H2,1,2,3)(H2,4,5,6);;/q+2;;;2*-1. The van der Waals surface area contributed by atoms with Gasteiger partial charge in [-0.15, -0.1) is 0 Å². The Morgan fingerprint density at radius 1 is 1.00 bits per heavy atom. The van der Waals surface area contributed by atoms with Gasteiger partial charge in [0.15, 0.2) is 0 Å². The van der Waals surface area contributed by atoms with E-state index in [2.05, 4.69) is 4.31 Å². The summed E-state index contributed by atoms with van der Waals surface area (Å²) in [5.74, 6) is 0. The molecule has 7 nitrogen and oxygen atoms in total. The van der Waals surface area contributed by atoms with E-state index >= 15 is 0 Å². The van der Waals surface area contributed by atoms with Gasteiger partial charge in [-0.3, -0.25) is 0 Å². The Morgan fingerprint density at radius 3 is 1.18 bits per heavy atom.